The van der Waals surface area contributed by atoms with Crippen LogP contribution in [0.25, 0.3) is 21.9 Å². The summed E-state index contributed by atoms with van der Waals surface area (Å²) in [6.45, 7) is 3.97. The van der Waals surface area contributed by atoms with Gasteiger partial charge >= 0.3 is 12.1 Å². The minimum Gasteiger partial charge on any atom is -0.462 e. The first kappa shape index (κ1) is 24.4. The number of hydrogen-bond donors (Lipinski definition) is 1. The van der Waals surface area contributed by atoms with Crippen LogP contribution >= 0.6 is 22.9 Å². The molecule has 2 aromatic carbocycles. The van der Waals surface area contributed by atoms with Crippen LogP contribution in [0.3, 0.4) is 0 Å². The van der Waals surface area contributed by atoms with Gasteiger partial charge in [0, 0.05) is 22.6 Å². The van der Waals surface area contributed by atoms with E-state index in [9.17, 15) is 9.59 Å². The molecule has 4 aromatic rings. The number of esters is 1. The molecule has 0 saturated heterocycles. The summed E-state index contributed by atoms with van der Waals surface area (Å²) >= 11 is 7.40. The molecular weight excluding hydrogens is 490 g/mol. The molecular formula is C25H22ClN3O5S. The number of anilines is 1. The Bertz CT molecular complexity index is 1330. The number of halogens is 1. The van der Waals surface area contributed by atoms with Crippen molar-refractivity contribution in [1.82, 2.24) is 10.1 Å². The van der Waals surface area contributed by atoms with E-state index in [2.05, 4.69) is 15.5 Å². The van der Waals surface area contributed by atoms with Gasteiger partial charge in [-0.05, 0) is 25.5 Å². The topological polar surface area (TPSA) is 104 Å². The molecule has 2 heterocycles. The van der Waals surface area contributed by atoms with E-state index in [1.54, 1.807) is 19.9 Å². The largest absolute Gasteiger partial charge is 0.462 e. The summed E-state index contributed by atoms with van der Waals surface area (Å²) in [5.41, 5.74) is 3.39. The fourth-order valence-corrected chi connectivity index (χ4v) is 4.32. The molecule has 35 heavy (non-hydrogen) atoms. The summed E-state index contributed by atoms with van der Waals surface area (Å²) < 4.78 is 15.8. The van der Waals surface area contributed by atoms with Crippen molar-refractivity contribution < 1.29 is 23.6 Å². The maximum atomic E-state index is 12.4. The van der Waals surface area contributed by atoms with Gasteiger partial charge in [-0.25, -0.2) is 14.6 Å². The first-order valence-corrected chi connectivity index (χ1v) is 12.0. The van der Waals surface area contributed by atoms with Gasteiger partial charge in [-0.15, -0.1) is 11.3 Å². The normalized spacial score (nSPS) is 10.7. The second-order valence-corrected chi connectivity index (χ2v) is 8.84. The van der Waals surface area contributed by atoms with Crippen molar-refractivity contribution in [2.45, 2.75) is 20.3 Å². The molecule has 1 N–H and O–H groups in total. The fraction of sp³-hybridized carbons (Fsp3) is 0.200. The zero-order valence-corrected chi connectivity index (χ0v) is 20.6. The van der Waals surface area contributed by atoms with Gasteiger partial charge in [0.1, 0.15) is 21.3 Å². The summed E-state index contributed by atoms with van der Waals surface area (Å²) in [5.74, 6) is 0.0166. The minimum absolute atomic E-state index is 0.172. The van der Waals surface area contributed by atoms with Crippen molar-refractivity contribution in [3.05, 3.63) is 75.9 Å². The lowest BCUT2D eigenvalue weighted by Crippen LogP contribution is -2.16. The molecule has 8 nitrogen and oxygen atoms in total. The highest BCUT2D eigenvalue weighted by molar-refractivity contribution is 7.16. The average molecular weight is 512 g/mol. The van der Waals surface area contributed by atoms with E-state index in [1.165, 1.54) is 17.5 Å². The highest BCUT2D eigenvalue weighted by Crippen LogP contribution is 2.33. The van der Waals surface area contributed by atoms with Gasteiger partial charge in [-0.1, -0.05) is 59.2 Å². The molecule has 4 rings (SSSR count). The summed E-state index contributed by atoms with van der Waals surface area (Å²) in [5, 5.41) is 8.02. The Balaban J connectivity index is 1.42. The van der Waals surface area contributed by atoms with E-state index < -0.39 is 6.09 Å². The van der Waals surface area contributed by atoms with Crippen LogP contribution < -0.4 is 5.32 Å². The Morgan fingerprint density at radius 3 is 2.57 bits per heavy atom. The molecule has 0 unspecified atom stereocenters. The Morgan fingerprint density at radius 1 is 1.09 bits per heavy atom. The molecule has 0 aliphatic rings. The monoisotopic (exact) mass is 511 g/mol. The van der Waals surface area contributed by atoms with Crippen LogP contribution in [0.15, 0.2) is 59.3 Å². The molecule has 0 aliphatic heterocycles. The van der Waals surface area contributed by atoms with Crippen LogP contribution in [0.1, 0.15) is 27.9 Å². The number of rotatable bonds is 8. The van der Waals surface area contributed by atoms with Crippen LogP contribution in [0.2, 0.25) is 5.02 Å². The van der Waals surface area contributed by atoms with Gasteiger partial charge in [-0.2, -0.15) is 0 Å². The highest BCUT2D eigenvalue weighted by Gasteiger charge is 2.19. The van der Waals surface area contributed by atoms with E-state index in [0.29, 0.717) is 50.6 Å². The molecule has 1 amide bonds. The number of carbonyl (C=O) groups excluding carboxylic acids is 2. The van der Waals surface area contributed by atoms with Crippen LogP contribution in [-0.2, 0) is 15.9 Å². The number of nitrogens with one attached hydrogen (secondary N) is 1. The van der Waals surface area contributed by atoms with Crippen molar-refractivity contribution in [2.24, 2.45) is 0 Å². The number of nitrogens with zero attached hydrogens (tertiary/aromatic N) is 2. The molecule has 10 heteroatoms. The van der Waals surface area contributed by atoms with E-state index in [4.69, 9.17) is 25.6 Å². The maximum Gasteiger partial charge on any atom is 0.411 e. The Labute approximate surface area is 210 Å². The van der Waals surface area contributed by atoms with Crippen LogP contribution in [0.4, 0.5) is 10.5 Å². The minimum atomic E-state index is -0.615. The summed E-state index contributed by atoms with van der Waals surface area (Å²) in [6.07, 6.45) is 1.39. The zero-order chi connectivity index (χ0) is 24.8. The third-order valence-corrected chi connectivity index (χ3v) is 6.42. The smallest absolute Gasteiger partial charge is 0.411 e. The fourth-order valence-electron chi connectivity index (χ4n) is 3.28. The Morgan fingerprint density at radius 2 is 1.83 bits per heavy atom. The maximum absolute atomic E-state index is 12.4. The molecule has 0 saturated carbocycles. The molecule has 180 valence electrons. The number of aromatic nitrogens is 2. The molecule has 2 aromatic heterocycles. The summed E-state index contributed by atoms with van der Waals surface area (Å²) in [6, 6.07) is 14.8. The van der Waals surface area contributed by atoms with Crippen LogP contribution in [0.5, 0.6) is 0 Å². The number of aryl methyl sites for hydroxylation is 1. The molecule has 0 bridgehead atoms. The number of carbonyl (C=O) groups is 2. The number of benzene rings is 2. The Kier molecular flexibility index (Phi) is 7.79. The van der Waals surface area contributed by atoms with Crippen LogP contribution in [-0.4, -0.2) is 35.4 Å². The van der Waals surface area contributed by atoms with Gasteiger partial charge in [0.15, 0.2) is 5.76 Å². The van der Waals surface area contributed by atoms with Gasteiger partial charge in [0.05, 0.1) is 19.4 Å². The lowest BCUT2D eigenvalue weighted by atomic mass is 10.1. The number of thiazole rings is 1. The van der Waals surface area contributed by atoms with Crippen molar-refractivity contribution in [3.63, 3.8) is 0 Å². The molecule has 0 fully saturated rings. The van der Waals surface area contributed by atoms with Crippen molar-refractivity contribution in [2.75, 3.05) is 18.5 Å². The second-order valence-electron chi connectivity index (χ2n) is 7.40. The zero-order valence-electron chi connectivity index (χ0n) is 19.0. The molecule has 0 aliphatic carbocycles. The lowest BCUT2D eigenvalue weighted by Gasteiger charge is -2.08. The van der Waals surface area contributed by atoms with E-state index in [1.807, 2.05) is 42.5 Å². The Hall–Kier alpha value is -3.69. The third kappa shape index (κ3) is 5.87. The molecule has 0 atom stereocenters. The standard InChI is InChI=1S/C25H22ClN3O5S/c1-3-32-24(30)20-14-27-23(35-20)18-10-8-17(9-11-18)22-21(15(2)29-34-22)28-25(31)33-13-12-16-6-4-5-7-19(16)26/h4-11,14H,3,12-13H2,1-2H3,(H,28,31). The van der Waals surface area contributed by atoms with Crippen molar-refractivity contribution in [3.8, 4) is 21.9 Å². The quantitative estimate of drug-likeness (QED) is 0.273. The summed E-state index contributed by atoms with van der Waals surface area (Å²) in [7, 11) is 0. The van der Waals surface area contributed by atoms with Gasteiger partial charge in [0.25, 0.3) is 0 Å². The van der Waals surface area contributed by atoms with E-state index in [-0.39, 0.29) is 12.6 Å². The highest BCUT2D eigenvalue weighted by atomic mass is 35.5. The first-order chi connectivity index (χ1) is 17.0. The number of ether oxygens (including phenoxy) is 2. The summed E-state index contributed by atoms with van der Waals surface area (Å²) in [4.78, 5) is 29.0. The van der Waals surface area contributed by atoms with E-state index >= 15 is 0 Å². The third-order valence-electron chi connectivity index (χ3n) is 5.03. The van der Waals surface area contributed by atoms with E-state index in [0.717, 1.165) is 11.1 Å². The average Bonchev–Trinajstić information content (AvgIpc) is 3.48. The predicted molar refractivity (Wildman–Crippen MR) is 134 cm³/mol. The SMILES string of the molecule is CCOC(=O)c1cnc(-c2ccc(-c3onc(C)c3NC(=O)OCCc3ccccc3Cl)cc2)s1. The van der Waals surface area contributed by atoms with Gasteiger partial charge in [0.2, 0.25) is 0 Å². The number of hydrogen-bond acceptors (Lipinski definition) is 8. The molecule has 0 radical (unpaired) electrons. The first-order valence-electron chi connectivity index (χ1n) is 10.8. The van der Waals surface area contributed by atoms with Crippen LogP contribution in [0, 0.1) is 6.92 Å². The number of amides is 1. The lowest BCUT2D eigenvalue weighted by molar-refractivity contribution is 0.0531. The predicted octanol–water partition coefficient (Wildman–Crippen LogP) is 6.39. The van der Waals surface area contributed by atoms with Crippen molar-refractivity contribution >= 4 is 40.7 Å². The molecule has 0 spiro atoms. The van der Waals surface area contributed by atoms with Gasteiger partial charge in [-0.3, -0.25) is 5.32 Å². The second kappa shape index (κ2) is 11.2. The van der Waals surface area contributed by atoms with Gasteiger partial charge < -0.3 is 14.0 Å². The van der Waals surface area contributed by atoms with Crippen molar-refractivity contribution in [1.29, 1.82) is 0 Å².